The zero-order valence-corrected chi connectivity index (χ0v) is 16.5. The number of phenols is 1. The van der Waals surface area contributed by atoms with Crippen molar-refractivity contribution in [3.05, 3.63) is 36.0 Å². The zero-order chi connectivity index (χ0) is 20.8. The van der Waals surface area contributed by atoms with Crippen LogP contribution in [0, 0.1) is 18.7 Å². The van der Waals surface area contributed by atoms with E-state index in [-0.39, 0.29) is 23.1 Å². The largest absolute Gasteiger partial charge is 0.506 e. The molecule has 0 aliphatic carbocycles. The molecule has 9 heteroatoms. The Balaban J connectivity index is 1.75. The number of nitrogens with zero attached hydrogens (tertiary/aromatic N) is 3. The fraction of sp³-hybridized carbons (Fsp3) is 0.400. The molecule has 1 aromatic carbocycles. The van der Waals surface area contributed by atoms with Crippen LogP contribution in [0.5, 0.6) is 5.75 Å². The van der Waals surface area contributed by atoms with Gasteiger partial charge in [0, 0.05) is 12.6 Å². The molecule has 0 bridgehead atoms. The molecule has 0 saturated carbocycles. The molecule has 4 N–H and O–H groups in total. The smallest absolute Gasteiger partial charge is 0.265 e. The maximum Gasteiger partial charge on any atom is 0.265 e. The minimum atomic E-state index is -0.550. The fourth-order valence-corrected chi connectivity index (χ4v) is 3.10. The van der Waals surface area contributed by atoms with Gasteiger partial charge in [0.1, 0.15) is 29.3 Å². The number of halogens is 1. The van der Waals surface area contributed by atoms with E-state index >= 15 is 0 Å². The molecule has 1 saturated heterocycles. The fourth-order valence-electron chi connectivity index (χ4n) is 3.10. The maximum absolute atomic E-state index is 13.2. The Hall–Kier alpha value is -3.07. The normalized spacial score (nSPS) is 15.2. The lowest BCUT2D eigenvalue weighted by Crippen LogP contribution is -2.38. The van der Waals surface area contributed by atoms with Gasteiger partial charge in [-0.05, 0) is 57.8 Å². The Morgan fingerprint density at radius 1 is 1.34 bits per heavy atom. The average molecular weight is 400 g/mol. The second-order valence-corrected chi connectivity index (χ2v) is 7.04. The van der Waals surface area contributed by atoms with Crippen LogP contribution in [0.2, 0.25) is 0 Å². The molecule has 0 unspecified atom stereocenters. The minimum absolute atomic E-state index is 0.248. The van der Waals surface area contributed by atoms with E-state index in [9.17, 15) is 14.3 Å². The van der Waals surface area contributed by atoms with E-state index in [2.05, 4.69) is 30.9 Å². The van der Waals surface area contributed by atoms with Crippen LogP contribution in [-0.2, 0) is 4.79 Å². The number of aromatic hydroxyl groups is 1. The first kappa shape index (κ1) is 20.7. The molecule has 1 fully saturated rings. The zero-order valence-electron chi connectivity index (χ0n) is 16.5. The van der Waals surface area contributed by atoms with Gasteiger partial charge in [0.2, 0.25) is 0 Å². The molecule has 2 heterocycles. The van der Waals surface area contributed by atoms with Crippen molar-refractivity contribution < 1.29 is 14.3 Å². The van der Waals surface area contributed by atoms with E-state index in [1.54, 1.807) is 13.8 Å². The first-order valence-electron chi connectivity index (χ1n) is 9.55. The van der Waals surface area contributed by atoms with Crippen molar-refractivity contribution in [3.8, 4) is 5.75 Å². The standard InChI is InChI=1S/C20H25FN6O2/c1-12-18(26-13(2)20(29)23-10-14-5-7-22-8-6-14)19(25-11-24-12)27-16-4-3-15(21)9-17(16)28/h3-4,9,11,14,22,28H,5-8,10H2,1-2H3,(H,23,29)(H,24,25,27)/b26-13+. The summed E-state index contributed by atoms with van der Waals surface area (Å²) in [4.78, 5) is 25.2. The number of carbonyl (C=O) groups is 1. The monoisotopic (exact) mass is 400 g/mol. The van der Waals surface area contributed by atoms with Gasteiger partial charge in [0.25, 0.3) is 5.91 Å². The van der Waals surface area contributed by atoms with Crippen LogP contribution < -0.4 is 16.0 Å². The van der Waals surface area contributed by atoms with Gasteiger partial charge in [0.15, 0.2) is 5.82 Å². The van der Waals surface area contributed by atoms with Gasteiger partial charge in [-0.2, -0.15) is 0 Å². The van der Waals surface area contributed by atoms with Gasteiger partial charge in [-0.3, -0.25) is 4.79 Å². The van der Waals surface area contributed by atoms with Gasteiger partial charge in [-0.15, -0.1) is 0 Å². The highest BCUT2D eigenvalue weighted by Gasteiger charge is 2.16. The number of nitrogens with one attached hydrogen (secondary N) is 3. The van der Waals surface area contributed by atoms with Crippen molar-refractivity contribution in [3.63, 3.8) is 0 Å². The summed E-state index contributed by atoms with van der Waals surface area (Å²) in [5.74, 6) is -0.278. The summed E-state index contributed by atoms with van der Waals surface area (Å²) in [5.41, 5.74) is 1.50. The highest BCUT2D eigenvalue weighted by Crippen LogP contribution is 2.32. The van der Waals surface area contributed by atoms with Crippen molar-refractivity contribution in [1.82, 2.24) is 20.6 Å². The highest BCUT2D eigenvalue weighted by molar-refractivity contribution is 6.38. The third-order valence-electron chi connectivity index (χ3n) is 4.84. The average Bonchev–Trinajstić information content (AvgIpc) is 2.71. The minimum Gasteiger partial charge on any atom is -0.506 e. The number of aromatic nitrogens is 2. The van der Waals surface area contributed by atoms with Crippen LogP contribution in [0.1, 0.15) is 25.5 Å². The van der Waals surface area contributed by atoms with Gasteiger partial charge >= 0.3 is 0 Å². The summed E-state index contributed by atoms with van der Waals surface area (Å²) in [6, 6.07) is 3.62. The Bertz CT molecular complexity index is 912. The van der Waals surface area contributed by atoms with E-state index in [0.717, 1.165) is 32.0 Å². The molecule has 1 aliphatic heterocycles. The Labute approximate surface area is 168 Å². The molecule has 1 aromatic heterocycles. The number of aliphatic imine (C=N–C) groups is 1. The molecular weight excluding hydrogens is 375 g/mol. The lowest BCUT2D eigenvalue weighted by Gasteiger charge is -2.22. The molecule has 8 nitrogen and oxygen atoms in total. The third-order valence-corrected chi connectivity index (χ3v) is 4.84. The van der Waals surface area contributed by atoms with E-state index < -0.39 is 5.82 Å². The highest BCUT2D eigenvalue weighted by atomic mass is 19.1. The number of anilines is 2. The van der Waals surface area contributed by atoms with Gasteiger partial charge < -0.3 is 21.1 Å². The van der Waals surface area contributed by atoms with Crippen molar-refractivity contribution in [2.24, 2.45) is 10.9 Å². The van der Waals surface area contributed by atoms with E-state index in [0.29, 0.717) is 29.7 Å². The summed E-state index contributed by atoms with van der Waals surface area (Å²) >= 11 is 0. The molecule has 154 valence electrons. The van der Waals surface area contributed by atoms with Crippen molar-refractivity contribution in [2.45, 2.75) is 26.7 Å². The SMILES string of the molecule is C/C(=N\c1c(C)ncnc1Nc1ccc(F)cc1O)C(=O)NCC1CCNCC1. The number of rotatable bonds is 6. The number of hydrogen-bond acceptors (Lipinski definition) is 7. The van der Waals surface area contributed by atoms with Gasteiger partial charge in [0.05, 0.1) is 11.4 Å². The van der Waals surface area contributed by atoms with Crippen LogP contribution in [-0.4, -0.2) is 46.3 Å². The van der Waals surface area contributed by atoms with E-state index in [4.69, 9.17) is 0 Å². The first-order chi connectivity index (χ1) is 13.9. The number of phenolic OH excluding ortho intramolecular Hbond substituents is 1. The molecule has 0 radical (unpaired) electrons. The van der Waals surface area contributed by atoms with Gasteiger partial charge in [-0.1, -0.05) is 0 Å². The molecular formula is C20H25FN6O2. The Kier molecular flexibility index (Phi) is 6.71. The summed E-state index contributed by atoms with van der Waals surface area (Å²) < 4.78 is 13.2. The molecule has 0 spiro atoms. The molecule has 3 rings (SSSR count). The summed E-state index contributed by atoms with van der Waals surface area (Å²) in [5, 5.41) is 19.1. The van der Waals surface area contributed by atoms with Crippen LogP contribution in [0.4, 0.5) is 21.6 Å². The molecule has 29 heavy (non-hydrogen) atoms. The van der Waals surface area contributed by atoms with Crippen LogP contribution >= 0.6 is 0 Å². The lowest BCUT2D eigenvalue weighted by atomic mass is 9.98. The lowest BCUT2D eigenvalue weighted by molar-refractivity contribution is -0.115. The Morgan fingerprint density at radius 2 is 2.10 bits per heavy atom. The molecule has 1 amide bonds. The summed E-state index contributed by atoms with van der Waals surface area (Å²) in [7, 11) is 0. The van der Waals surface area contributed by atoms with Crippen molar-refractivity contribution in [2.75, 3.05) is 25.0 Å². The van der Waals surface area contributed by atoms with Gasteiger partial charge in [-0.25, -0.2) is 19.4 Å². The van der Waals surface area contributed by atoms with Crippen LogP contribution in [0.15, 0.2) is 29.5 Å². The molecule has 2 aromatic rings. The molecule has 1 aliphatic rings. The second-order valence-electron chi connectivity index (χ2n) is 7.04. The number of benzene rings is 1. The van der Waals surface area contributed by atoms with Crippen LogP contribution in [0.25, 0.3) is 0 Å². The van der Waals surface area contributed by atoms with E-state index in [1.807, 2.05) is 0 Å². The summed E-state index contributed by atoms with van der Waals surface area (Å²) in [6.45, 7) is 5.94. The third kappa shape index (κ3) is 5.47. The Morgan fingerprint density at radius 3 is 2.83 bits per heavy atom. The first-order valence-corrected chi connectivity index (χ1v) is 9.55. The number of hydrogen-bond donors (Lipinski definition) is 4. The summed E-state index contributed by atoms with van der Waals surface area (Å²) in [6.07, 6.45) is 3.43. The van der Waals surface area contributed by atoms with Crippen molar-refractivity contribution in [1.29, 1.82) is 0 Å². The quantitative estimate of drug-likeness (QED) is 0.438. The number of aryl methyl sites for hydroxylation is 1. The predicted molar refractivity (Wildman–Crippen MR) is 109 cm³/mol. The topological polar surface area (TPSA) is 112 Å². The van der Waals surface area contributed by atoms with E-state index in [1.165, 1.54) is 18.5 Å². The maximum atomic E-state index is 13.2. The van der Waals surface area contributed by atoms with Crippen LogP contribution in [0.3, 0.4) is 0 Å². The number of amides is 1. The number of piperidine rings is 1. The van der Waals surface area contributed by atoms with Crippen molar-refractivity contribution >= 4 is 28.8 Å². The predicted octanol–water partition coefficient (Wildman–Crippen LogP) is 2.58. The number of carbonyl (C=O) groups excluding carboxylic acids is 1. The molecule has 0 atom stereocenters. The second kappa shape index (κ2) is 9.42.